The number of amides is 1. The first-order chi connectivity index (χ1) is 16.9. The van der Waals surface area contributed by atoms with Gasteiger partial charge >= 0.3 is 18.4 Å². The number of nitrogen functional groups attached to an aromatic ring is 1. The molecule has 0 aliphatic carbocycles. The van der Waals surface area contributed by atoms with Crippen LogP contribution in [-0.2, 0) is 17.1 Å². The van der Waals surface area contributed by atoms with E-state index in [1.54, 1.807) is 18.2 Å². The third kappa shape index (κ3) is 4.82. The Hall–Kier alpha value is -4.49. The van der Waals surface area contributed by atoms with Gasteiger partial charge in [0.25, 0.3) is 0 Å². The molecule has 0 saturated heterocycles. The zero-order valence-corrected chi connectivity index (χ0v) is 18.2. The first kappa shape index (κ1) is 24.6. The maximum absolute atomic E-state index is 13.9. The van der Waals surface area contributed by atoms with Crippen molar-refractivity contribution < 1.29 is 35.9 Å². The Balaban J connectivity index is 1.90. The van der Waals surface area contributed by atoms with E-state index in [1.807, 2.05) is 5.32 Å². The highest BCUT2D eigenvalue weighted by atomic mass is 19.4. The number of nitrogens with one attached hydrogen (secondary N) is 3. The highest BCUT2D eigenvalue weighted by Crippen LogP contribution is 2.44. The number of hydrogen-bond donors (Lipinski definition) is 4. The third-order valence-corrected chi connectivity index (χ3v) is 5.05. The number of carbonyl (C=O) groups is 1. The van der Waals surface area contributed by atoms with Crippen LogP contribution in [0.1, 0.15) is 11.1 Å². The Bertz CT molecular complexity index is 1450. The molecule has 2 aromatic heterocycles. The number of ether oxygens (including phenoxy) is 1. The van der Waals surface area contributed by atoms with Crippen LogP contribution >= 0.6 is 0 Å². The summed E-state index contributed by atoms with van der Waals surface area (Å²) in [5.41, 5.74) is 1.81. The SMILES string of the molecule is COC(=O)Nc1ccc2c(-c3nc(Nc4cccc(N)c4)ncc3C(F)(F)F)c[nH]c2c1C(F)(F)F. The molecular weight excluding hydrogens is 494 g/mol. The lowest BCUT2D eigenvalue weighted by molar-refractivity contribution is -0.137. The number of rotatable bonds is 4. The van der Waals surface area contributed by atoms with E-state index in [0.717, 1.165) is 25.4 Å². The number of fused-ring (bicyclic) bond motifs is 1. The van der Waals surface area contributed by atoms with Gasteiger partial charge in [-0.05, 0) is 24.3 Å². The van der Waals surface area contributed by atoms with E-state index in [-0.39, 0.29) is 16.9 Å². The average molecular weight is 510 g/mol. The molecule has 0 unspecified atom stereocenters. The minimum absolute atomic E-state index is 0.211. The lowest BCUT2D eigenvalue weighted by atomic mass is 10.0. The molecule has 5 N–H and O–H groups in total. The Morgan fingerprint density at radius 2 is 1.83 bits per heavy atom. The molecular formula is C22H16F6N6O2. The summed E-state index contributed by atoms with van der Waals surface area (Å²) in [7, 11) is 0.969. The monoisotopic (exact) mass is 510 g/mol. The van der Waals surface area contributed by atoms with Crippen LogP contribution in [0.3, 0.4) is 0 Å². The standard InChI is InChI=1S/C22H16F6N6O2/c1-36-20(35)33-15-6-5-12-13(8-30-18(12)16(15)22(26,27)28)17-14(21(23,24)25)9-31-19(34-17)32-11-4-2-3-10(29)7-11/h2-9,30H,29H2,1H3,(H,33,35)(H,31,32,34). The lowest BCUT2D eigenvalue weighted by Crippen LogP contribution is -2.16. The van der Waals surface area contributed by atoms with Crippen LogP contribution in [0.25, 0.3) is 22.2 Å². The van der Waals surface area contributed by atoms with E-state index in [1.165, 1.54) is 6.07 Å². The number of nitrogens with two attached hydrogens (primary N) is 1. The van der Waals surface area contributed by atoms with Crippen molar-refractivity contribution in [2.45, 2.75) is 12.4 Å². The molecule has 14 heteroatoms. The van der Waals surface area contributed by atoms with Crippen molar-refractivity contribution in [1.82, 2.24) is 15.0 Å². The molecule has 2 aromatic carbocycles. The summed E-state index contributed by atoms with van der Waals surface area (Å²) in [5.74, 6) is -0.238. The summed E-state index contributed by atoms with van der Waals surface area (Å²) in [5, 5.41) is 4.47. The van der Waals surface area contributed by atoms with Gasteiger partial charge in [-0.2, -0.15) is 26.3 Å². The molecule has 8 nitrogen and oxygen atoms in total. The van der Waals surface area contributed by atoms with Gasteiger partial charge in [0.1, 0.15) is 11.1 Å². The number of aromatic amines is 1. The fourth-order valence-corrected chi connectivity index (χ4v) is 3.55. The molecule has 0 radical (unpaired) electrons. The van der Waals surface area contributed by atoms with Crippen molar-refractivity contribution in [1.29, 1.82) is 0 Å². The van der Waals surface area contributed by atoms with Gasteiger partial charge in [0.05, 0.1) is 24.0 Å². The number of carbonyl (C=O) groups excluding carboxylic acids is 1. The fraction of sp³-hybridized carbons (Fsp3) is 0.136. The van der Waals surface area contributed by atoms with Gasteiger partial charge in [-0.15, -0.1) is 0 Å². The number of aromatic nitrogens is 3. The van der Waals surface area contributed by atoms with Crippen molar-refractivity contribution in [2.75, 3.05) is 23.5 Å². The van der Waals surface area contributed by atoms with Gasteiger partial charge in [-0.3, -0.25) is 5.32 Å². The summed E-state index contributed by atoms with van der Waals surface area (Å²) in [6.45, 7) is 0. The summed E-state index contributed by atoms with van der Waals surface area (Å²) in [6.07, 6.45) is -9.53. The number of benzene rings is 2. The number of halogens is 6. The number of anilines is 4. The van der Waals surface area contributed by atoms with Crippen molar-refractivity contribution in [2.24, 2.45) is 0 Å². The summed E-state index contributed by atoms with van der Waals surface area (Å²) in [6, 6.07) is 8.32. The normalized spacial score (nSPS) is 12.0. The molecule has 2 heterocycles. The molecule has 0 saturated carbocycles. The lowest BCUT2D eigenvalue weighted by Gasteiger charge is -2.16. The zero-order valence-electron chi connectivity index (χ0n) is 18.2. The second-order valence-electron chi connectivity index (χ2n) is 7.43. The predicted molar refractivity (Wildman–Crippen MR) is 119 cm³/mol. The predicted octanol–water partition coefficient (Wildman–Crippen LogP) is 6.17. The molecule has 1 amide bonds. The Morgan fingerprint density at radius 3 is 2.47 bits per heavy atom. The molecule has 36 heavy (non-hydrogen) atoms. The van der Waals surface area contributed by atoms with Crippen molar-refractivity contribution in [3.8, 4) is 11.3 Å². The summed E-state index contributed by atoms with van der Waals surface area (Å²) < 4.78 is 87.5. The quantitative estimate of drug-likeness (QED) is 0.193. The summed E-state index contributed by atoms with van der Waals surface area (Å²) in [4.78, 5) is 21.5. The number of H-pyrrole nitrogens is 1. The smallest absolute Gasteiger partial charge is 0.420 e. The minimum Gasteiger partial charge on any atom is -0.453 e. The van der Waals surface area contributed by atoms with E-state index in [2.05, 4.69) is 25.0 Å². The topological polar surface area (TPSA) is 118 Å². The minimum atomic E-state index is -4.98. The highest BCUT2D eigenvalue weighted by molar-refractivity contribution is 6.01. The Morgan fingerprint density at radius 1 is 1.08 bits per heavy atom. The number of alkyl halides is 6. The maximum Gasteiger partial charge on any atom is 0.420 e. The molecule has 4 rings (SSSR count). The largest absolute Gasteiger partial charge is 0.453 e. The van der Waals surface area contributed by atoms with E-state index in [4.69, 9.17) is 5.73 Å². The Kier molecular flexibility index (Phi) is 6.12. The van der Waals surface area contributed by atoms with Crippen molar-refractivity contribution in [3.05, 3.63) is 59.9 Å². The molecule has 0 aliphatic rings. The first-order valence-electron chi connectivity index (χ1n) is 10.0. The van der Waals surface area contributed by atoms with Crippen LogP contribution in [0.15, 0.2) is 48.8 Å². The number of hydrogen-bond acceptors (Lipinski definition) is 6. The molecule has 0 aliphatic heterocycles. The van der Waals surface area contributed by atoms with Crippen LogP contribution in [0.4, 0.5) is 54.1 Å². The first-order valence-corrected chi connectivity index (χ1v) is 10.0. The van der Waals surface area contributed by atoms with E-state index in [9.17, 15) is 31.1 Å². The average Bonchev–Trinajstić information content (AvgIpc) is 3.21. The zero-order chi connectivity index (χ0) is 26.3. The van der Waals surface area contributed by atoms with Gasteiger partial charge in [0.2, 0.25) is 5.95 Å². The number of nitrogens with zero attached hydrogens (tertiary/aromatic N) is 2. The van der Waals surface area contributed by atoms with Crippen LogP contribution < -0.4 is 16.4 Å². The second-order valence-corrected chi connectivity index (χ2v) is 7.43. The van der Waals surface area contributed by atoms with E-state index in [0.29, 0.717) is 17.6 Å². The van der Waals surface area contributed by atoms with Gasteiger partial charge in [0, 0.05) is 34.7 Å². The van der Waals surface area contributed by atoms with Crippen LogP contribution in [0.5, 0.6) is 0 Å². The Labute approximate surface area is 198 Å². The molecule has 0 atom stereocenters. The van der Waals surface area contributed by atoms with E-state index < -0.39 is 46.5 Å². The van der Waals surface area contributed by atoms with Crippen molar-refractivity contribution in [3.63, 3.8) is 0 Å². The van der Waals surface area contributed by atoms with Crippen LogP contribution in [-0.4, -0.2) is 28.2 Å². The highest BCUT2D eigenvalue weighted by Gasteiger charge is 2.39. The maximum atomic E-state index is 13.9. The molecule has 4 aromatic rings. The van der Waals surface area contributed by atoms with E-state index >= 15 is 0 Å². The van der Waals surface area contributed by atoms with Gasteiger partial charge in [-0.25, -0.2) is 14.8 Å². The van der Waals surface area contributed by atoms with Crippen molar-refractivity contribution >= 4 is 40.0 Å². The number of methoxy groups -OCH3 is 1. The van der Waals surface area contributed by atoms with Gasteiger partial charge in [-0.1, -0.05) is 12.1 Å². The second kappa shape index (κ2) is 8.94. The third-order valence-electron chi connectivity index (χ3n) is 5.05. The molecule has 0 bridgehead atoms. The van der Waals surface area contributed by atoms with Crippen LogP contribution in [0, 0.1) is 0 Å². The molecule has 0 fully saturated rings. The fourth-order valence-electron chi connectivity index (χ4n) is 3.55. The summed E-state index contributed by atoms with van der Waals surface area (Å²) >= 11 is 0. The van der Waals surface area contributed by atoms with Gasteiger partial charge in [0.15, 0.2) is 0 Å². The molecule has 188 valence electrons. The van der Waals surface area contributed by atoms with Gasteiger partial charge < -0.3 is 20.8 Å². The molecule has 0 spiro atoms. The van der Waals surface area contributed by atoms with Crippen LogP contribution in [0.2, 0.25) is 0 Å².